The Labute approximate surface area is 147 Å². The van der Waals surface area contributed by atoms with Crippen molar-refractivity contribution in [2.75, 3.05) is 6.54 Å². The molecule has 1 aliphatic rings. The molecule has 0 N–H and O–H groups in total. The third kappa shape index (κ3) is 3.05. The molecular formula is C19H22N6. The van der Waals surface area contributed by atoms with E-state index in [0.29, 0.717) is 0 Å². The maximum atomic E-state index is 4.78. The highest BCUT2D eigenvalue weighted by Crippen LogP contribution is 2.23. The Morgan fingerprint density at radius 2 is 1.96 bits per heavy atom. The lowest BCUT2D eigenvalue weighted by atomic mass is 10.1. The molecule has 0 atom stereocenters. The number of hydrogen-bond donors (Lipinski definition) is 0. The highest BCUT2D eigenvalue weighted by molar-refractivity contribution is 5.54. The minimum atomic E-state index is 0.786. The number of aryl methyl sites for hydroxylation is 2. The normalized spacial score (nSPS) is 14.5. The minimum absolute atomic E-state index is 0.786. The van der Waals surface area contributed by atoms with Gasteiger partial charge in [0.05, 0.1) is 11.4 Å². The molecule has 0 aromatic carbocycles. The monoisotopic (exact) mass is 334 g/mol. The molecule has 0 spiro atoms. The van der Waals surface area contributed by atoms with Crippen molar-refractivity contribution in [2.45, 2.75) is 33.4 Å². The lowest BCUT2D eigenvalue weighted by molar-refractivity contribution is 0.242. The van der Waals surface area contributed by atoms with E-state index in [1.54, 1.807) is 12.4 Å². The molecule has 25 heavy (non-hydrogen) atoms. The first kappa shape index (κ1) is 15.9. The Kier molecular flexibility index (Phi) is 4.05. The predicted molar refractivity (Wildman–Crippen MR) is 95.8 cm³/mol. The summed E-state index contributed by atoms with van der Waals surface area (Å²) in [7, 11) is 2.01. The predicted octanol–water partition coefficient (Wildman–Crippen LogP) is 2.45. The summed E-state index contributed by atoms with van der Waals surface area (Å²) in [6.45, 7) is 7.05. The van der Waals surface area contributed by atoms with Gasteiger partial charge in [-0.15, -0.1) is 0 Å². The first-order chi connectivity index (χ1) is 12.1. The first-order valence-corrected chi connectivity index (χ1v) is 8.58. The van der Waals surface area contributed by atoms with Crippen molar-refractivity contribution in [1.29, 1.82) is 0 Å². The molecule has 3 aromatic rings. The smallest absolute Gasteiger partial charge is 0.159 e. The van der Waals surface area contributed by atoms with Crippen molar-refractivity contribution in [3.05, 3.63) is 58.9 Å². The zero-order chi connectivity index (χ0) is 17.4. The Hall–Kier alpha value is -2.60. The Morgan fingerprint density at radius 3 is 2.68 bits per heavy atom. The third-order valence-corrected chi connectivity index (χ3v) is 4.99. The highest BCUT2D eigenvalue weighted by Gasteiger charge is 2.21. The Balaban J connectivity index is 1.54. The van der Waals surface area contributed by atoms with E-state index < -0.39 is 0 Å². The molecule has 0 fully saturated rings. The summed E-state index contributed by atoms with van der Waals surface area (Å²) in [5.74, 6) is 0.786. The third-order valence-electron chi connectivity index (χ3n) is 4.99. The van der Waals surface area contributed by atoms with Gasteiger partial charge in [-0.1, -0.05) is 0 Å². The van der Waals surface area contributed by atoms with Crippen molar-refractivity contribution in [1.82, 2.24) is 29.6 Å². The van der Waals surface area contributed by atoms with Crippen LogP contribution in [-0.2, 0) is 26.6 Å². The molecule has 4 heterocycles. The number of rotatable bonds is 3. The molecule has 6 nitrogen and oxygen atoms in total. The fraction of sp³-hybridized carbons (Fsp3) is 0.368. The van der Waals surface area contributed by atoms with Crippen molar-refractivity contribution in [3.63, 3.8) is 0 Å². The zero-order valence-electron chi connectivity index (χ0n) is 14.9. The number of pyridine rings is 1. The van der Waals surface area contributed by atoms with E-state index in [9.17, 15) is 0 Å². The molecule has 0 radical (unpaired) electrons. The lowest BCUT2D eigenvalue weighted by Crippen LogP contribution is -2.31. The van der Waals surface area contributed by atoms with Gasteiger partial charge in [0.1, 0.15) is 0 Å². The van der Waals surface area contributed by atoms with Crippen molar-refractivity contribution in [3.8, 4) is 11.4 Å². The van der Waals surface area contributed by atoms with Crippen LogP contribution in [0.4, 0.5) is 0 Å². The number of hydrogen-bond acceptors (Lipinski definition) is 5. The maximum Gasteiger partial charge on any atom is 0.159 e. The van der Waals surface area contributed by atoms with E-state index in [4.69, 9.17) is 4.98 Å². The van der Waals surface area contributed by atoms with Crippen LogP contribution < -0.4 is 0 Å². The summed E-state index contributed by atoms with van der Waals surface area (Å²) >= 11 is 0. The summed E-state index contributed by atoms with van der Waals surface area (Å²) in [6.07, 6.45) is 6.48. The van der Waals surface area contributed by atoms with Crippen LogP contribution in [0.5, 0.6) is 0 Å². The van der Waals surface area contributed by atoms with Gasteiger partial charge in [0, 0.05) is 74.1 Å². The van der Waals surface area contributed by atoms with Crippen LogP contribution in [0.25, 0.3) is 11.4 Å². The van der Waals surface area contributed by atoms with Gasteiger partial charge < -0.3 is 0 Å². The van der Waals surface area contributed by atoms with E-state index in [-0.39, 0.29) is 0 Å². The molecule has 0 amide bonds. The molecule has 0 aliphatic carbocycles. The standard InChI is InChI=1S/C19H22N6/c1-13-17(14(2)24(3)23-13)12-25-9-6-18-16(11-25)10-21-19(22-18)15-4-7-20-8-5-15/h4-5,7-8,10H,6,9,11-12H2,1-3H3. The number of nitrogens with zero attached hydrogens (tertiary/aromatic N) is 6. The molecule has 4 rings (SSSR count). The molecule has 0 unspecified atom stereocenters. The van der Waals surface area contributed by atoms with Gasteiger partial charge in [-0.2, -0.15) is 5.10 Å². The molecule has 128 valence electrons. The van der Waals surface area contributed by atoms with Crippen LogP contribution in [0.2, 0.25) is 0 Å². The van der Waals surface area contributed by atoms with Gasteiger partial charge in [0.15, 0.2) is 5.82 Å². The van der Waals surface area contributed by atoms with Crippen molar-refractivity contribution >= 4 is 0 Å². The molecule has 0 saturated carbocycles. The van der Waals surface area contributed by atoms with E-state index in [2.05, 4.69) is 33.8 Å². The largest absolute Gasteiger partial charge is 0.294 e. The fourth-order valence-corrected chi connectivity index (χ4v) is 3.42. The zero-order valence-corrected chi connectivity index (χ0v) is 14.9. The van der Waals surface area contributed by atoms with E-state index in [0.717, 1.165) is 48.8 Å². The van der Waals surface area contributed by atoms with Gasteiger partial charge in [-0.3, -0.25) is 14.6 Å². The molecule has 0 saturated heterocycles. The van der Waals surface area contributed by atoms with Crippen LogP contribution in [0.1, 0.15) is 28.2 Å². The second kappa shape index (κ2) is 6.37. The Morgan fingerprint density at radius 1 is 1.16 bits per heavy atom. The lowest BCUT2D eigenvalue weighted by Gasteiger charge is -2.28. The second-order valence-corrected chi connectivity index (χ2v) is 6.64. The minimum Gasteiger partial charge on any atom is -0.294 e. The quantitative estimate of drug-likeness (QED) is 0.736. The van der Waals surface area contributed by atoms with Crippen LogP contribution in [0, 0.1) is 13.8 Å². The van der Waals surface area contributed by atoms with Crippen LogP contribution in [-0.4, -0.2) is 36.2 Å². The summed E-state index contributed by atoms with van der Waals surface area (Å²) < 4.78 is 1.96. The summed E-state index contributed by atoms with van der Waals surface area (Å²) in [6, 6.07) is 3.90. The fourth-order valence-electron chi connectivity index (χ4n) is 3.42. The van der Waals surface area contributed by atoms with Crippen LogP contribution in [0.3, 0.4) is 0 Å². The van der Waals surface area contributed by atoms with Crippen LogP contribution >= 0.6 is 0 Å². The van der Waals surface area contributed by atoms with Gasteiger partial charge in [-0.25, -0.2) is 9.97 Å². The maximum absolute atomic E-state index is 4.78. The SMILES string of the molecule is Cc1nn(C)c(C)c1CN1CCc2nc(-c3ccncc3)ncc2C1. The average molecular weight is 334 g/mol. The topological polar surface area (TPSA) is 59.7 Å². The first-order valence-electron chi connectivity index (χ1n) is 8.58. The average Bonchev–Trinajstić information content (AvgIpc) is 2.88. The molecular weight excluding hydrogens is 312 g/mol. The molecule has 0 bridgehead atoms. The van der Waals surface area contributed by atoms with E-state index in [1.807, 2.05) is 30.1 Å². The van der Waals surface area contributed by atoms with Gasteiger partial charge in [-0.05, 0) is 26.0 Å². The highest BCUT2D eigenvalue weighted by atomic mass is 15.3. The number of fused-ring (bicyclic) bond motifs is 1. The molecule has 1 aliphatic heterocycles. The Bertz CT molecular complexity index is 900. The second-order valence-electron chi connectivity index (χ2n) is 6.64. The molecule has 3 aromatic heterocycles. The molecule has 6 heteroatoms. The van der Waals surface area contributed by atoms with Crippen LogP contribution in [0.15, 0.2) is 30.7 Å². The summed E-state index contributed by atoms with van der Waals surface area (Å²) in [4.78, 5) is 15.9. The number of aromatic nitrogens is 5. The van der Waals surface area contributed by atoms with Crippen molar-refractivity contribution in [2.24, 2.45) is 7.05 Å². The summed E-state index contributed by atoms with van der Waals surface area (Å²) in [5.41, 5.74) is 7.10. The summed E-state index contributed by atoms with van der Waals surface area (Å²) in [5, 5.41) is 4.53. The van der Waals surface area contributed by atoms with Gasteiger partial charge in [0.2, 0.25) is 0 Å². The van der Waals surface area contributed by atoms with E-state index in [1.165, 1.54) is 16.8 Å². The van der Waals surface area contributed by atoms with Gasteiger partial charge in [0.25, 0.3) is 0 Å². The van der Waals surface area contributed by atoms with E-state index >= 15 is 0 Å². The van der Waals surface area contributed by atoms with Crippen molar-refractivity contribution < 1.29 is 0 Å². The van der Waals surface area contributed by atoms with Gasteiger partial charge >= 0.3 is 0 Å².